The third-order valence-corrected chi connectivity index (χ3v) is 6.51. The Morgan fingerprint density at radius 3 is 3.06 bits per heavy atom. The number of nitrogens with zero attached hydrogens (tertiary/aromatic N) is 1. The molecule has 0 spiro atoms. The van der Waals surface area contributed by atoms with Crippen molar-refractivity contribution < 1.29 is 13.9 Å². The molecule has 0 saturated heterocycles. The van der Waals surface area contributed by atoms with Crippen molar-refractivity contribution in [2.45, 2.75) is 45.9 Å². The van der Waals surface area contributed by atoms with Crippen LogP contribution in [0.15, 0.2) is 45.1 Å². The summed E-state index contributed by atoms with van der Waals surface area (Å²) < 4.78 is 17.3. The van der Waals surface area contributed by atoms with Gasteiger partial charge in [-0.05, 0) is 45.0 Å². The maximum absolute atomic E-state index is 12.9. The van der Waals surface area contributed by atoms with E-state index in [2.05, 4.69) is 29.4 Å². The Balaban J connectivity index is 1.38. The number of aromatic amines is 1. The molecule has 0 saturated carbocycles. The molecule has 1 aliphatic rings. The molecule has 0 fully saturated rings. The van der Waals surface area contributed by atoms with Crippen LogP contribution in [0.2, 0.25) is 0 Å². The summed E-state index contributed by atoms with van der Waals surface area (Å²) in [4.78, 5) is 21.2. The van der Waals surface area contributed by atoms with Crippen LogP contribution in [0.3, 0.4) is 0 Å². The number of hydrogen-bond donors (Lipinski definition) is 2. The molecule has 0 bridgehead atoms. The molecule has 1 aromatic carbocycles. The number of rotatable bonds is 7. The predicted octanol–water partition coefficient (Wildman–Crippen LogP) is 4.82. The summed E-state index contributed by atoms with van der Waals surface area (Å²) in [7, 11) is 0. The van der Waals surface area contributed by atoms with Gasteiger partial charge in [0.05, 0.1) is 24.3 Å². The number of hydrogen-bond acceptors (Lipinski definition) is 7. The van der Waals surface area contributed by atoms with Gasteiger partial charge in [0.2, 0.25) is 0 Å². The van der Waals surface area contributed by atoms with Crippen molar-refractivity contribution in [1.29, 1.82) is 0 Å². The zero-order chi connectivity index (χ0) is 22.2. The SMILES string of the molecule is CCOc1cc2c(cc1CNC(C)c1nc3scc(-c4ccco4)c3c(=O)[nH]1)OC(C)C2. The Morgan fingerprint density at radius 2 is 2.28 bits per heavy atom. The molecule has 32 heavy (non-hydrogen) atoms. The van der Waals surface area contributed by atoms with E-state index in [1.165, 1.54) is 16.9 Å². The average molecular weight is 452 g/mol. The summed E-state index contributed by atoms with van der Waals surface area (Å²) in [6.07, 6.45) is 2.67. The van der Waals surface area contributed by atoms with Crippen molar-refractivity contribution in [2.75, 3.05) is 6.61 Å². The Labute approximate surface area is 189 Å². The predicted molar refractivity (Wildman–Crippen MR) is 125 cm³/mol. The molecule has 5 rings (SSSR count). The van der Waals surface area contributed by atoms with Crippen LogP contribution >= 0.6 is 11.3 Å². The van der Waals surface area contributed by atoms with Gasteiger partial charge in [0.25, 0.3) is 5.56 Å². The molecule has 3 aromatic heterocycles. The van der Waals surface area contributed by atoms with Gasteiger partial charge in [-0.2, -0.15) is 0 Å². The first kappa shape index (κ1) is 20.8. The lowest BCUT2D eigenvalue weighted by molar-refractivity contribution is 0.254. The highest BCUT2D eigenvalue weighted by Crippen LogP contribution is 2.35. The number of thiophene rings is 1. The van der Waals surface area contributed by atoms with Gasteiger partial charge in [0.1, 0.15) is 34.0 Å². The molecule has 7 nitrogen and oxygen atoms in total. The maximum atomic E-state index is 12.9. The van der Waals surface area contributed by atoms with Crippen molar-refractivity contribution >= 4 is 21.6 Å². The van der Waals surface area contributed by atoms with Gasteiger partial charge in [0.15, 0.2) is 0 Å². The van der Waals surface area contributed by atoms with Crippen molar-refractivity contribution in [3.63, 3.8) is 0 Å². The summed E-state index contributed by atoms with van der Waals surface area (Å²) in [6, 6.07) is 7.62. The minimum absolute atomic E-state index is 0.163. The Kier molecular flexibility index (Phi) is 5.48. The first-order chi connectivity index (χ1) is 15.5. The molecule has 2 atom stereocenters. The molecule has 1 aliphatic heterocycles. The third kappa shape index (κ3) is 3.80. The number of furan rings is 1. The highest BCUT2D eigenvalue weighted by molar-refractivity contribution is 7.17. The normalized spacial score (nSPS) is 16.2. The summed E-state index contributed by atoms with van der Waals surface area (Å²) in [6.45, 7) is 7.19. The number of ether oxygens (including phenoxy) is 2. The number of benzene rings is 1. The second-order valence-corrected chi connectivity index (χ2v) is 8.85. The van der Waals surface area contributed by atoms with E-state index >= 15 is 0 Å². The third-order valence-electron chi connectivity index (χ3n) is 5.64. The van der Waals surface area contributed by atoms with E-state index in [0.29, 0.717) is 35.0 Å². The second-order valence-electron chi connectivity index (χ2n) is 7.99. The van der Waals surface area contributed by atoms with Crippen molar-refractivity contribution in [1.82, 2.24) is 15.3 Å². The van der Waals surface area contributed by atoms with Gasteiger partial charge < -0.3 is 24.2 Å². The van der Waals surface area contributed by atoms with E-state index in [4.69, 9.17) is 18.9 Å². The summed E-state index contributed by atoms with van der Waals surface area (Å²) in [5.74, 6) is 3.04. The van der Waals surface area contributed by atoms with E-state index in [9.17, 15) is 4.79 Å². The van der Waals surface area contributed by atoms with E-state index in [-0.39, 0.29) is 17.7 Å². The molecule has 4 heterocycles. The van der Waals surface area contributed by atoms with Crippen LogP contribution in [0.1, 0.15) is 43.8 Å². The summed E-state index contributed by atoms with van der Waals surface area (Å²) in [5, 5.41) is 5.93. The van der Waals surface area contributed by atoms with Crippen LogP contribution in [0.25, 0.3) is 21.5 Å². The molecule has 2 N–H and O–H groups in total. The minimum atomic E-state index is -0.166. The Morgan fingerprint density at radius 1 is 1.41 bits per heavy atom. The molecule has 0 amide bonds. The zero-order valence-electron chi connectivity index (χ0n) is 18.2. The molecule has 0 radical (unpaired) electrons. The van der Waals surface area contributed by atoms with Gasteiger partial charge >= 0.3 is 0 Å². The van der Waals surface area contributed by atoms with E-state index in [1.54, 1.807) is 6.26 Å². The first-order valence-electron chi connectivity index (χ1n) is 10.8. The molecular formula is C24H25N3O4S. The van der Waals surface area contributed by atoms with Gasteiger partial charge in [-0.15, -0.1) is 11.3 Å². The fraction of sp³-hybridized carbons (Fsp3) is 0.333. The monoisotopic (exact) mass is 451 g/mol. The lowest BCUT2D eigenvalue weighted by Crippen LogP contribution is -2.23. The van der Waals surface area contributed by atoms with E-state index in [0.717, 1.165) is 29.0 Å². The highest BCUT2D eigenvalue weighted by Gasteiger charge is 2.22. The molecule has 2 unspecified atom stereocenters. The van der Waals surface area contributed by atoms with Crippen LogP contribution < -0.4 is 20.3 Å². The van der Waals surface area contributed by atoms with Crippen LogP contribution in [0.5, 0.6) is 11.5 Å². The van der Waals surface area contributed by atoms with Crippen molar-refractivity contribution in [3.8, 4) is 22.8 Å². The number of nitrogens with one attached hydrogen (secondary N) is 2. The Bertz CT molecular complexity index is 1310. The van der Waals surface area contributed by atoms with Crippen molar-refractivity contribution in [2.24, 2.45) is 0 Å². The largest absolute Gasteiger partial charge is 0.494 e. The number of aromatic nitrogens is 2. The molecule has 0 aliphatic carbocycles. The smallest absolute Gasteiger partial charge is 0.260 e. The maximum Gasteiger partial charge on any atom is 0.260 e. The number of fused-ring (bicyclic) bond motifs is 2. The van der Waals surface area contributed by atoms with E-state index in [1.807, 2.05) is 31.4 Å². The summed E-state index contributed by atoms with van der Waals surface area (Å²) >= 11 is 1.44. The zero-order valence-corrected chi connectivity index (χ0v) is 19.0. The van der Waals surface area contributed by atoms with E-state index < -0.39 is 0 Å². The van der Waals surface area contributed by atoms with Crippen LogP contribution in [-0.4, -0.2) is 22.7 Å². The fourth-order valence-electron chi connectivity index (χ4n) is 4.05. The van der Waals surface area contributed by atoms with Crippen molar-refractivity contribution in [3.05, 3.63) is 63.2 Å². The molecular weight excluding hydrogens is 426 g/mol. The van der Waals surface area contributed by atoms with Gasteiger partial charge in [-0.3, -0.25) is 4.79 Å². The summed E-state index contributed by atoms with van der Waals surface area (Å²) in [5.41, 5.74) is 2.80. The molecule has 4 aromatic rings. The van der Waals surface area contributed by atoms with Crippen LogP contribution in [-0.2, 0) is 13.0 Å². The molecule has 166 valence electrons. The van der Waals surface area contributed by atoms with Gasteiger partial charge in [-0.25, -0.2) is 4.98 Å². The van der Waals surface area contributed by atoms with Crippen LogP contribution in [0, 0.1) is 0 Å². The Hall–Kier alpha value is -3.10. The highest BCUT2D eigenvalue weighted by atomic mass is 32.1. The molecule has 8 heteroatoms. The lowest BCUT2D eigenvalue weighted by Gasteiger charge is -2.16. The van der Waals surface area contributed by atoms with Gasteiger partial charge in [0, 0.05) is 35.0 Å². The minimum Gasteiger partial charge on any atom is -0.494 e. The average Bonchev–Trinajstić information content (AvgIpc) is 3.50. The quantitative estimate of drug-likeness (QED) is 0.419. The first-order valence-corrected chi connectivity index (χ1v) is 11.7. The standard InChI is InChI=1S/C24H25N3O4S/c1-4-29-19-9-15-8-13(2)31-20(15)10-16(19)11-25-14(3)22-26-23(28)21-17(12-32-24(21)27-22)18-6-5-7-30-18/h5-7,9-10,12-14,25H,4,8,11H2,1-3H3,(H,26,27,28). The fourth-order valence-corrected chi connectivity index (χ4v) is 4.99. The number of H-pyrrole nitrogens is 1. The van der Waals surface area contributed by atoms with Crippen LogP contribution in [0.4, 0.5) is 0 Å². The topological polar surface area (TPSA) is 89.4 Å². The second kappa shape index (κ2) is 8.44. The van der Waals surface area contributed by atoms with Gasteiger partial charge in [-0.1, -0.05) is 0 Å². The lowest BCUT2D eigenvalue weighted by atomic mass is 10.1.